The van der Waals surface area contributed by atoms with E-state index < -0.39 is 0 Å². The lowest BCUT2D eigenvalue weighted by Crippen LogP contribution is -2.06. The molecule has 0 bridgehead atoms. The highest BCUT2D eigenvalue weighted by Gasteiger charge is 2.20. The Bertz CT molecular complexity index is 315. The molecular formula is C11H15N. The standard InChI is InChI=1S/C11H15N/c1-7-5-8(2)11-9(6-7)3-4-10(11)12/h5-6,10H,3-4,12H2,1-2H3/t10-/m1/s1. The lowest BCUT2D eigenvalue weighted by atomic mass is 10.00. The lowest BCUT2D eigenvalue weighted by molar-refractivity contribution is 0.710. The predicted molar refractivity (Wildman–Crippen MR) is 51.2 cm³/mol. The maximum atomic E-state index is 6.00. The Hall–Kier alpha value is -0.820. The van der Waals surface area contributed by atoms with E-state index in [1.54, 1.807) is 0 Å². The molecule has 0 fully saturated rings. The van der Waals surface area contributed by atoms with Crippen molar-refractivity contribution in [3.05, 3.63) is 34.4 Å². The largest absolute Gasteiger partial charge is 0.324 e. The minimum atomic E-state index is 0.292. The summed E-state index contributed by atoms with van der Waals surface area (Å²) in [5.74, 6) is 0. The Morgan fingerprint density at radius 1 is 1.33 bits per heavy atom. The van der Waals surface area contributed by atoms with Gasteiger partial charge in [0.1, 0.15) is 0 Å². The average molecular weight is 161 g/mol. The Morgan fingerprint density at radius 2 is 2.08 bits per heavy atom. The predicted octanol–water partition coefficient (Wildman–Crippen LogP) is 2.25. The first-order chi connectivity index (χ1) is 5.68. The summed E-state index contributed by atoms with van der Waals surface area (Å²) in [6.45, 7) is 4.31. The molecule has 0 saturated heterocycles. The van der Waals surface area contributed by atoms with Crippen LogP contribution in [0.25, 0.3) is 0 Å². The zero-order valence-corrected chi connectivity index (χ0v) is 7.72. The Balaban J connectivity index is 2.60. The van der Waals surface area contributed by atoms with Gasteiger partial charge in [0.2, 0.25) is 0 Å². The van der Waals surface area contributed by atoms with Crippen LogP contribution in [-0.2, 0) is 6.42 Å². The van der Waals surface area contributed by atoms with Gasteiger partial charge in [0.15, 0.2) is 0 Å². The molecule has 0 spiro atoms. The third-order valence-corrected chi connectivity index (χ3v) is 2.71. The SMILES string of the molecule is Cc1cc(C)c2c(c1)CC[C@H]2N. The summed E-state index contributed by atoms with van der Waals surface area (Å²) in [5.41, 5.74) is 11.6. The fraction of sp³-hybridized carbons (Fsp3) is 0.455. The molecule has 0 aromatic heterocycles. The number of aryl methyl sites for hydroxylation is 3. The van der Waals surface area contributed by atoms with E-state index in [1.165, 1.54) is 28.7 Å². The molecule has 0 amide bonds. The van der Waals surface area contributed by atoms with Crippen molar-refractivity contribution in [3.8, 4) is 0 Å². The maximum absolute atomic E-state index is 6.00. The van der Waals surface area contributed by atoms with Crippen molar-refractivity contribution in [2.75, 3.05) is 0 Å². The van der Waals surface area contributed by atoms with Crippen molar-refractivity contribution in [1.82, 2.24) is 0 Å². The van der Waals surface area contributed by atoms with Crippen molar-refractivity contribution in [3.63, 3.8) is 0 Å². The Labute approximate surface area is 73.6 Å². The van der Waals surface area contributed by atoms with Crippen LogP contribution in [-0.4, -0.2) is 0 Å². The molecule has 1 aliphatic carbocycles. The highest BCUT2D eigenvalue weighted by molar-refractivity contribution is 5.43. The highest BCUT2D eigenvalue weighted by Crippen LogP contribution is 2.32. The molecule has 1 aromatic rings. The molecule has 1 nitrogen and oxygen atoms in total. The molecule has 64 valence electrons. The van der Waals surface area contributed by atoms with Crippen molar-refractivity contribution in [2.24, 2.45) is 5.73 Å². The van der Waals surface area contributed by atoms with E-state index in [1.807, 2.05) is 0 Å². The van der Waals surface area contributed by atoms with Gasteiger partial charge in [0, 0.05) is 6.04 Å². The summed E-state index contributed by atoms with van der Waals surface area (Å²) in [6.07, 6.45) is 2.29. The van der Waals surface area contributed by atoms with Gasteiger partial charge in [0.25, 0.3) is 0 Å². The van der Waals surface area contributed by atoms with Crippen LogP contribution < -0.4 is 5.73 Å². The van der Waals surface area contributed by atoms with Crippen molar-refractivity contribution >= 4 is 0 Å². The van der Waals surface area contributed by atoms with Crippen LogP contribution >= 0.6 is 0 Å². The van der Waals surface area contributed by atoms with Crippen LogP contribution in [0.3, 0.4) is 0 Å². The maximum Gasteiger partial charge on any atom is 0.0303 e. The minimum absolute atomic E-state index is 0.292. The average Bonchev–Trinajstić information content (AvgIpc) is 2.31. The van der Waals surface area contributed by atoms with Gasteiger partial charge in [-0.2, -0.15) is 0 Å². The van der Waals surface area contributed by atoms with Gasteiger partial charge >= 0.3 is 0 Å². The van der Waals surface area contributed by atoms with Crippen molar-refractivity contribution < 1.29 is 0 Å². The number of hydrogen-bond donors (Lipinski definition) is 1. The molecule has 2 N–H and O–H groups in total. The zero-order chi connectivity index (χ0) is 8.72. The molecular weight excluding hydrogens is 146 g/mol. The Morgan fingerprint density at radius 3 is 2.83 bits per heavy atom. The molecule has 0 radical (unpaired) electrons. The second kappa shape index (κ2) is 2.60. The molecule has 2 rings (SSSR count). The highest BCUT2D eigenvalue weighted by atomic mass is 14.6. The first-order valence-electron chi connectivity index (χ1n) is 4.54. The van der Waals surface area contributed by atoms with Crippen LogP contribution in [0.15, 0.2) is 12.1 Å². The summed E-state index contributed by atoms with van der Waals surface area (Å²) in [7, 11) is 0. The van der Waals surface area contributed by atoms with E-state index in [0.717, 1.165) is 6.42 Å². The van der Waals surface area contributed by atoms with Gasteiger partial charge in [0.05, 0.1) is 0 Å². The number of hydrogen-bond acceptors (Lipinski definition) is 1. The number of rotatable bonds is 0. The number of fused-ring (bicyclic) bond motifs is 1. The molecule has 0 saturated carbocycles. The van der Waals surface area contributed by atoms with Crippen LogP contribution in [0.1, 0.15) is 34.7 Å². The first-order valence-corrected chi connectivity index (χ1v) is 4.54. The van der Waals surface area contributed by atoms with Crippen molar-refractivity contribution in [1.29, 1.82) is 0 Å². The fourth-order valence-corrected chi connectivity index (χ4v) is 2.26. The van der Waals surface area contributed by atoms with E-state index in [9.17, 15) is 0 Å². The summed E-state index contributed by atoms with van der Waals surface area (Å²) >= 11 is 0. The third-order valence-electron chi connectivity index (χ3n) is 2.71. The van der Waals surface area contributed by atoms with Gasteiger partial charge in [-0.3, -0.25) is 0 Å². The first kappa shape index (κ1) is 7.81. The van der Waals surface area contributed by atoms with Crippen LogP contribution in [0.5, 0.6) is 0 Å². The van der Waals surface area contributed by atoms with E-state index in [-0.39, 0.29) is 0 Å². The monoisotopic (exact) mass is 161 g/mol. The lowest BCUT2D eigenvalue weighted by Gasteiger charge is -2.09. The van der Waals surface area contributed by atoms with E-state index in [0.29, 0.717) is 6.04 Å². The molecule has 1 aromatic carbocycles. The molecule has 1 atom stereocenters. The quantitative estimate of drug-likeness (QED) is 0.620. The van der Waals surface area contributed by atoms with E-state index in [2.05, 4.69) is 26.0 Å². The summed E-state index contributed by atoms with van der Waals surface area (Å²) in [6, 6.07) is 4.79. The molecule has 1 aliphatic rings. The van der Waals surface area contributed by atoms with E-state index >= 15 is 0 Å². The normalized spacial score (nSPS) is 21.1. The number of nitrogens with two attached hydrogens (primary N) is 1. The van der Waals surface area contributed by atoms with Gasteiger partial charge < -0.3 is 5.73 Å². The minimum Gasteiger partial charge on any atom is -0.324 e. The summed E-state index contributed by atoms with van der Waals surface area (Å²) in [4.78, 5) is 0. The summed E-state index contributed by atoms with van der Waals surface area (Å²) in [5, 5.41) is 0. The van der Waals surface area contributed by atoms with Gasteiger partial charge in [-0.05, 0) is 43.4 Å². The second-order valence-electron chi connectivity index (χ2n) is 3.80. The van der Waals surface area contributed by atoms with Gasteiger partial charge in [-0.1, -0.05) is 17.7 Å². The molecule has 0 unspecified atom stereocenters. The summed E-state index contributed by atoms with van der Waals surface area (Å²) < 4.78 is 0. The Kier molecular flexibility index (Phi) is 1.69. The van der Waals surface area contributed by atoms with E-state index in [4.69, 9.17) is 5.73 Å². The van der Waals surface area contributed by atoms with Crippen molar-refractivity contribution in [2.45, 2.75) is 32.7 Å². The third kappa shape index (κ3) is 1.05. The van der Waals surface area contributed by atoms with Crippen LogP contribution in [0, 0.1) is 13.8 Å². The molecule has 0 aliphatic heterocycles. The second-order valence-corrected chi connectivity index (χ2v) is 3.80. The topological polar surface area (TPSA) is 26.0 Å². The smallest absolute Gasteiger partial charge is 0.0303 e. The van der Waals surface area contributed by atoms with Gasteiger partial charge in [-0.25, -0.2) is 0 Å². The molecule has 0 heterocycles. The van der Waals surface area contributed by atoms with Crippen LogP contribution in [0.2, 0.25) is 0 Å². The number of benzene rings is 1. The molecule has 12 heavy (non-hydrogen) atoms. The van der Waals surface area contributed by atoms with Crippen LogP contribution in [0.4, 0.5) is 0 Å². The fourth-order valence-electron chi connectivity index (χ4n) is 2.26. The molecule has 1 heteroatoms. The van der Waals surface area contributed by atoms with Gasteiger partial charge in [-0.15, -0.1) is 0 Å². The zero-order valence-electron chi connectivity index (χ0n) is 7.72.